The number of nitrogens with one attached hydrogen (secondary N) is 2. The smallest absolute Gasteiger partial charge is 0.231 e. The minimum Gasteiger partial charge on any atom is -0.508 e. The van der Waals surface area contributed by atoms with E-state index in [9.17, 15) is 5.11 Å². The minimum absolute atomic E-state index is 0.217. The molecule has 164 valence electrons. The Morgan fingerprint density at radius 3 is 2.50 bits per heavy atom. The molecule has 0 fully saturated rings. The van der Waals surface area contributed by atoms with Crippen LogP contribution in [0.15, 0.2) is 69.6 Å². The van der Waals surface area contributed by atoms with Crippen LogP contribution in [0.25, 0.3) is 5.70 Å². The summed E-state index contributed by atoms with van der Waals surface area (Å²) in [5, 5.41) is 17.7. The van der Waals surface area contributed by atoms with Gasteiger partial charge in [0.05, 0.1) is 13.2 Å². The Labute approximate surface area is 202 Å². The average Bonchev–Trinajstić information content (AvgIpc) is 3.28. The molecule has 0 saturated carbocycles. The van der Waals surface area contributed by atoms with Crippen LogP contribution in [0.1, 0.15) is 28.9 Å². The molecule has 5 rings (SSSR count). The van der Waals surface area contributed by atoms with Gasteiger partial charge in [-0.3, -0.25) is 5.32 Å². The van der Waals surface area contributed by atoms with Gasteiger partial charge in [0.25, 0.3) is 0 Å². The van der Waals surface area contributed by atoms with Gasteiger partial charge in [0.2, 0.25) is 6.79 Å². The van der Waals surface area contributed by atoms with Gasteiger partial charge >= 0.3 is 0 Å². The Balaban J connectivity index is 1.60. The first kappa shape index (κ1) is 21.2. The summed E-state index contributed by atoms with van der Waals surface area (Å²) in [7, 11) is 1.65. The van der Waals surface area contributed by atoms with E-state index in [2.05, 4.69) is 48.6 Å². The zero-order valence-electron chi connectivity index (χ0n) is 17.1. The van der Waals surface area contributed by atoms with Crippen LogP contribution in [0.4, 0.5) is 0 Å². The molecular formula is C24H20Br2N2O4. The highest BCUT2D eigenvalue weighted by Crippen LogP contribution is 2.39. The van der Waals surface area contributed by atoms with Gasteiger partial charge < -0.3 is 24.6 Å². The Kier molecular flexibility index (Phi) is 5.75. The standard InChI is InChI=1S/C24H20Br2N2O4/c1-30-21-7-4-15(26)10-17(21)24-27-18(13-2-6-22-23(8-13)32-12-31-22)11-19(28-24)16-9-14(25)3-5-20(16)29/h2-11,19,24,27-29H,12H2,1H3. The maximum atomic E-state index is 10.6. The van der Waals surface area contributed by atoms with E-state index in [4.69, 9.17) is 14.2 Å². The molecule has 0 aliphatic carbocycles. The van der Waals surface area contributed by atoms with Gasteiger partial charge in [-0.1, -0.05) is 31.9 Å². The van der Waals surface area contributed by atoms with Crippen LogP contribution in [0, 0.1) is 0 Å². The van der Waals surface area contributed by atoms with Gasteiger partial charge in [-0.05, 0) is 60.7 Å². The van der Waals surface area contributed by atoms with Crippen molar-refractivity contribution in [2.24, 2.45) is 0 Å². The van der Waals surface area contributed by atoms with E-state index in [1.54, 1.807) is 13.2 Å². The molecule has 2 aliphatic heterocycles. The first-order valence-corrected chi connectivity index (χ1v) is 11.6. The molecule has 32 heavy (non-hydrogen) atoms. The van der Waals surface area contributed by atoms with E-state index < -0.39 is 0 Å². The second-order valence-electron chi connectivity index (χ2n) is 7.46. The fourth-order valence-corrected chi connectivity index (χ4v) is 4.69. The monoisotopic (exact) mass is 558 g/mol. The number of hydrogen-bond donors (Lipinski definition) is 3. The Bertz CT molecular complexity index is 1210. The lowest BCUT2D eigenvalue weighted by Gasteiger charge is -2.34. The predicted octanol–water partition coefficient (Wildman–Crippen LogP) is 5.63. The summed E-state index contributed by atoms with van der Waals surface area (Å²) < 4.78 is 18.5. The maximum Gasteiger partial charge on any atom is 0.231 e. The number of phenolic OH excluding ortho intramolecular Hbond substituents is 1. The summed E-state index contributed by atoms with van der Waals surface area (Å²) in [6.45, 7) is 0.221. The molecule has 6 nitrogen and oxygen atoms in total. The quantitative estimate of drug-likeness (QED) is 0.385. The van der Waals surface area contributed by atoms with Crippen LogP contribution < -0.4 is 24.8 Å². The Hall–Kier alpha value is -2.68. The van der Waals surface area contributed by atoms with Gasteiger partial charge in [0.15, 0.2) is 11.5 Å². The second kappa shape index (κ2) is 8.69. The van der Waals surface area contributed by atoms with Crippen LogP contribution in [0.3, 0.4) is 0 Å². The summed E-state index contributed by atoms with van der Waals surface area (Å²) in [5.74, 6) is 2.41. The van der Waals surface area contributed by atoms with E-state index in [-0.39, 0.29) is 24.8 Å². The highest BCUT2D eigenvalue weighted by molar-refractivity contribution is 9.10. The van der Waals surface area contributed by atoms with E-state index in [0.29, 0.717) is 5.75 Å². The third-order valence-electron chi connectivity index (χ3n) is 5.49. The van der Waals surface area contributed by atoms with Crippen molar-refractivity contribution >= 4 is 37.6 Å². The van der Waals surface area contributed by atoms with Crippen LogP contribution in [-0.4, -0.2) is 19.0 Å². The number of fused-ring (bicyclic) bond motifs is 1. The van der Waals surface area contributed by atoms with Crippen molar-refractivity contribution < 1.29 is 19.3 Å². The number of hydrogen-bond acceptors (Lipinski definition) is 6. The first-order chi connectivity index (χ1) is 15.5. The van der Waals surface area contributed by atoms with Crippen molar-refractivity contribution in [3.8, 4) is 23.0 Å². The van der Waals surface area contributed by atoms with Crippen LogP contribution >= 0.6 is 31.9 Å². The van der Waals surface area contributed by atoms with E-state index in [0.717, 1.165) is 42.8 Å². The lowest BCUT2D eigenvalue weighted by atomic mass is 9.97. The highest BCUT2D eigenvalue weighted by atomic mass is 79.9. The average molecular weight is 560 g/mol. The zero-order chi connectivity index (χ0) is 22.2. The fourth-order valence-electron chi connectivity index (χ4n) is 3.94. The number of benzene rings is 3. The summed E-state index contributed by atoms with van der Waals surface area (Å²) in [4.78, 5) is 0. The normalized spacial score (nSPS) is 19.3. The van der Waals surface area contributed by atoms with Crippen molar-refractivity contribution in [3.63, 3.8) is 0 Å². The van der Waals surface area contributed by atoms with Gasteiger partial charge in [0.1, 0.15) is 17.7 Å². The summed E-state index contributed by atoms with van der Waals surface area (Å²) >= 11 is 7.08. The molecule has 2 atom stereocenters. The van der Waals surface area contributed by atoms with Crippen molar-refractivity contribution in [1.82, 2.24) is 10.6 Å². The van der Waals surface area contributed by atoms with Crippen LogP contribution in [0.2, 0.25) is 0 Å². The summed E-state index contributed by atoms with van der Waals surface area (Å²) in [6.07, 6.45) is 1.77. The number of halogens is 2. The molecule has 0 spiro atoms. The fraction of sp³-hybridized carbons (Fsp3) is 0.167. The highest BCUT2D eigenvalue weighted by Gasteiger charge is 2.28. The van der Waals surface area contributed by atoms with Gasteiger partial charge in [-0.25, -0.2) is 0 Å². The second-order valence-corrected chi connectivity index (χ2v) is 9.29. The van der Waals surface area contributed by atoms with Crippen molar-refractivity contribution in [2.45, 2.75) is 12.2 Å². The van der Waals surface area contributed by atoms with Crippen LogP contribution in [-0.2, 0) is 0 Å². The maximum absolute atomic E-state index is 10.6. The number of ether oxygens (including phenoxy) is 3. The lowest BCUT2D eigenvalue weighted by Crippen LogP contribution is -2.39. The molecule has 8 heteroatoms. The summed E-state index contributed by atoms with van der Waals surface area (Å²) in [5.41, 5.74) is 3.55. The largest absolute Gasteiger partial charge is 0.508 e. The summed E-state index contributed by atoms with van der Waals surface area (Å²) in [6, 6.07) is 16.9. The molecule has 2 heterocycles. The van der Waals surface area contributed by atoms with Gasteiger partial charge in [-0.15, -0.1) is 0 Å². The van der Waals surface area contributed by atoms with E-state index in [1.807, 2.05) is 48.5 Å². The number of rotatable bonds is 4. The molecule has 3 N–H and O–H groups in total. The molecule has 0 aromatic heterocycles. The third-order valence-corrected chi connectivity index (χ3v) is 6.48. The molecule has 0 bridgehead atoms. The zero-order valence-corrected chi connectivity index (χ0v) is 20.2. The Morgan fingerprint density at radius 2 is 1.69 bits per heavy atom. The molecule has 2 aliphatic rings. The van der Waals surface area contributed by atoms with Crippen molar-refractivity contribution in [1.29, 1.82) is 0 Å². The Morgan fingerprint density at radius 1 is 0.938 bits per heavy atom. The van der Waals surface area contributed by atoms with Gasteiger partial charge in [-0.2, -0.15) is 0 Å². The predicted molar refractivity (Wildman–Crippen MR) is 129 cm³/mol. The molecular weight excluding hydrogens is 540 g/mol. The van der Waals surface area contributed by atoms with Gasteiger partial charge in [0, 0.05) is 31.3 Å². The molecule has 3 aromatic rings. The molecule has 0 amide bonds. The van der Waals surface area contributed by atoms with E-state index >= 15 is 0 Å². The van der Waals surface area contributed by atoms with E-state index in [1.165, 1.54) is 0 Å². The molecule has 3 aromatic carbocycles. The molecule has 2 unspecified atom stereocenters. The lowest BCUT2D eigenvalue weighted by molar-refractivity contribution is 0.174. The number of phenols is 1. The minimum atomic E-state index is -0.281. The molecule has 0 radical (unpaired) electrons. The molecule has 0 saturated heterocycles. The topological polar surface area (TPSA) is 72.0 Å². The van der Waals surface area contributed by atoms with Crippen molar-refractivity contribution in [3.05, 3.63) is 86.3 Å². The van der Waals surface area contributed by atoms with Crippen molar-refractivity contribution in [2.75, 3.05) is 13.9 Å². The SMILES string of the molecule is COc1ccc(Br)cc1C1NC(c2ccc3c(c2)OCO3)=CC(c2cc(Br)ccc2O)N1. The number of aromatic hydroxyl groups is 1. The number of methoxy groups -OCH3 is 1. The third kappa shape index (κ3) is 4.05. The van der Waals surface area contributed by atoms with Crippen LogP contribution in [0.5, 0.6) is 23.0 Å². The first-order valence-electron chi connectivity index (χ1n) is 9.98.